The van der Waals surface area contributed by atoms with Gasteiger partial charge in [0.05, 0.1) is 6.04 Å². The van der Waals surface area contributed by atoms with Crippen molar-refractivity contribution in [2.45, 2.75) is 44.7 Å². The molecule has 1 atom stereocenters. The molecule has 2 aromatic rings. The number of amides is 1. The lowest BCUT2D eigenvalue weighted by atomic mass is 10.1. The Bertz CT molecular complexity index is 708. The second-order valence-corrected chi connectivity index (χ2v) is 6.40. The van der Waals surface area contributed by atoms with Crippen LogP contribution in [0.15, 0.2) is 30.5 Å². The van der Waals surface area contributed by atoms with E-state index >= 15 is 0 Å². The molecule has 1 aromatic carbocycles. The van der Waals surface area contributed by atoms with E-state index in [-0.39, 0.29) is 36.8 Å². The smallest absolute Gasteiger partial charge is 0.241 e. The van der Waals surface area contributed by atoms with Gasteiger partial charge in [0.2, 0.25) is 5.91 Å². The Morgan fingerprint density at radius 1 is 1.16 bits per heavy atom. The lowest BCUT2D eigenvalue weighted by molar-refractivity contribution is -0.117. The normalized spacial score (nSPS) is 18.6. The van der Waals surface area contributed by atoms with E-state index in [2.05, 4.69) is 20.2 Å². The first kappa shape index (κ1) is 19.8. The number of fused-ring (bicyclic) bond motifs is 1. The highest BCUT2D eigenvalue weighted by atomic mass is 35.5. The van der Waals surface area contributed by atoms with E-state index < -0.39 is 0 Å². The maximum absolute atomic E-state index is 12.1. The SMILES string of the molecule is Cl.Cl.O=C(Nc1ccc(-c2ncc3n2CCCC3)cc1)C1CCCN1. The van der Waals surface area contributed by atoms with Crippen molar-refractivity contribution < 1.29 is 4.79 Å². The molecule has 1 fully saturated rings. The molecule has 0 saturated carbocycles. The Morgan fingerprint density at radius 2 is 1.96 bits per heavy atom. The third kappa shape index (κ3) is 4.17. The van der Waals surface area contributed by atoms with Gasteiger partial charge in [-0.25, -0.2) is 4.98 Å². The standard InChI is InChI=1S/C18H22N4O.2ClH/c23-18(16-5-3-10-19-16)21-14-8-6-13(7-9-14)17-20-12-15-4-1-2-11-22(15)17;;/h6-9,12,16,19H,1-5,10-11H2,(H,21,23);2*1H. The molecule has 2 N–H and O–H groups in total. The second-order valence-electron chi connectivity index (χ2n) is 6.40. The van der Waals surface area contributed by atoms with Crippen molar-refractivity contribution >= 4 is 36.4 Å². The summed E-state index contributed by atoms with van der Waals surface area (Å²) in [7, 11) is 0. The van der Waals surface area contributed by atoms with Gasteiger partial charge >= 0.3 is 0 Å². The number of nitrogens with one attached hydrogen (secondary N) is 2. The molecule has 136 valence electrons. The molecular weight excluding hydrogens is 359 g/mol. The quantitative estimate of drug-likeness (QED) is 0.854. The van der Waals surface area contributed by atoms with Crippen molar-refractivity contribution in [3.05, 3.63) is 36.2 Å². The molecule has 1 aromatic heterocycles. The highest BCUT2D eigenvalue weighted by Gasteiger charge is 2.22. The van der Waals surface area contributed by atoms with Crippen LogP contribution in [-0.4, -0.2) is 28.0 Å². The van der Waals surface area contributed by atoms with Crippen LogP contribution in [0.2, 0.25) is 0 Å². The fraction of sp³-hybridized carbons (Fsp3) is 0.444. The molecule has 2 aliphatic rings. The monoisotopic (exact) mass is 382 g/mol. The molecule has 0 radical (unpaired) electrons. The molecule has 4 rings (SSSR count). The van der Waals surface area contributed by atoms with Gasteiger partial charge in [-0.1, -0.05) is 0 Å². The number of nitrogens with zero attached hydrogens (tertiary/aromatic N) is 2. The average molecular weight is 383 g/mol. The number of hydrogen-bond donors (Lipinski definition) is 2. The van der Waals surface area contributed by atoms with E-state index in [0.29, 0.717) is 0 Å². The summed E-state index contributed by atoms with van der Waals surface area (Å²) in [6, 6.07) is 7.97. The summed E-state index contributed by atoms with van der Waals surface area (Å²) < 4.78 is 2.32. The van der Waals surface area contributed by atoms with Crippen LogP contribution in [0.25, 0.3) is 11.4 Å². The molecule has 1 saturated heterocycles. The van der Waals surface area contributed by atoms with Gasteiger partial charge < -0.3 is 15.2 Å². The van der Waals surface area contributed by atoms with Crippen molar-refractivity contribution in [3.63, 3.8) is 0 Å². The van der Waals surface area contributed by atoms with Crippen molar-refractivity contribution in [2.75, 3.05) is 11.9 Å². The van der Waals surface area contributed by atoms with Gasteiger partial charge in [0, 0.05) is 29.7 Å². The number of halogens is 2. The third-order valence-electron chi connectivity index (χ3n) is 4.79. The van der Waals surface area contributed by atoms with Gasteiger partial charge in [-0.3, -0.25) is 4.79 Å². The summed E-state index contributed by atoms with van der Waals surface area (Å²) in [6.07, 6.45) is 7.59. The van der Waals surface area contributed by atoms with Crippen molar-refractivity contribution in [1.82, 2.24) is 14.9 Å². The topological polar surface area (TPSA) is 59.0 Å². The Labute approximate surface area is 160 Å². The van der Waals surface area contributed by atoms with Gasteiger partial charge in [-0.2, -0.15) is 0 Å². The third-order valence-corrected chi connectivity index (χ3v) is 4.79. The summed E-state index contributed by atoms with van der Waals surface area (Å²) in [5.74, 6) is 1.10. The van der Waals surface area contributed by atoms with E-state index in [1.54, 1.807) is 0 Å². The lowest BCUT2D eigenvalue weighted by Gasteiger charge is -2.16. The number of aryl methyl sites for hydroxylation is 1. The van der Waals surface area contributed by atoms with E-state index in [0.717, 1.165) is 49.4 Å². The Balaban J connectivity index is 0.00000113. The van der Waals surface area contributed by atoms with Crippen LogP contribution in [0, 0.1) is 0 Å². The molecule has 25 heavy (non-hydrogen) atoms. The summed E-state index contributed by atoms with van der Waals surface area (Å²) in [4.78, 5) is 16.7. The number of rotatable bonds is 3. The molecule has 2 aliphatic heterocycles. The largest absolute Gasteiger partial charge is 0.328 e. The van der Waals surface area contributed by atoms with E-state index in [9.17, 15) is 4.79 Å². The van der Waals surface area contributed by atoms with Gasteiger partial charge in [0.15, 0.2) is 0 Å². The number of hydrogen-bond acceptors (Lipinski definition) is 3. The highest BCUT2D eigenvalue weighted by Crippen LogP contribution is 2.25. The molecule has 1 unspecified atom stereocenters. The van der Waals surface area contributed by atoms with Crippen LogP contribution in [0.5, 0.6) is 0 Å². The van der Waals surface area contributed by atoms with Crippen molar-refractivity contribution in [1.29, 1.82) is 0 Å². The first-order valence-corrected chi connectivity index (χ1v) is 8.50. The number of carbonyl (C=O) groups excluding carboxylic acids is 1. The summed E-state index contributed by atoms with van der Waals surface area (Å²) in [5, 5.41) is 6.21. The van der Waals surface area contributed by atoms with Crippen LogP contribution < -0.4 is 10.6 Å². The first-order chi connectivity index (χ1) is 11.3. The van der Waals surface area contributed by atoms with Gasteiger partial charge in [0.1, 0.15) is 5.82 Å². The van der Waals surface area contributed by atoms with Crippen LogP contribution >= 0.6 is 24.8 Å². The van der Waals surface area contributed by atoms with E-state index in [1.165, 1.54) is 18.5 Å². The Morgan fingerprint density at radius 3 is 2.68 bits per heavy atom. The van der Waals surface area contributed by atoms with Crippen molar-refractivity contribution in [3.8, 4) is 11.4 Å². The zero-order valence-electron chi connectivity index (χ0n) is 14.0. The molecule has 0 bridgehead atoms. The van der Waals surface area contributed by atoms with Gasteiger partial charge in [-0.05, 0) is 62.9 Å². The number of aromatic nitrogens is 2. The maximum atomic E-state index is 12.1. The summed E-state index contributed by atoms with van der Waals surface area (Å²) in [6.45, 7) is 1.98. The van der Waals surface area contributed by atoms with Gasteiger partial charge in [-0.15, -0.1) is 24.8 Å². The molecular formula is C18H24Cl2N4O. The number of benzene rings is 1. The minimum absolute atomic E-state index is 0. The van der Waals surface area contributed by atoms with Crippen LogP contribution in [0.1, 0.15) is 31.4 Å². The zero-order valence-corrected chi connectivity index (χ0v) is 15.7. The summed E-state index contributed by atoms with van der Waals surface area (Å²) >= 11 is 0. The zero-order chi connectivity index (χ0) is 15.6. The molecule has 7 heteroatoms. The highest BCUT2D eigenvalue weighted by molar-refractivity contribution is 5.95. The molecule has 0 aliphatic carbocycles. The predicted octanol–water partition coefficient (Wildman–Crippen LogP) is 3.42. The van der Waals surface area contributed by atoms with E-state index in [1.807, 2.05) is 30.5 Å². The number of carbonyl (C=O) groups is 1. The van der Waals surface area contributed by atoms with Gasteiger partial charge in [0.25, 0.3) is 0 Å². The van der Waals surface area contributed by atoms with Crippen LogP contribution in [-0.2, 0) is 17.8 Å². The molecule has 1 amide bonds. The number of anilines is 1. The first-order valence-electron chi connectivity index (χ1n) is 8.50. The molecule has 3 heterocycles. The minimum atomic E-state index is -0.0472. The maximum Gasteiger partial charge on any atom is 0.241 e. The Kier molecular flexibility index (Phi) is 6.87. The number of imidazole rings is 1. The minimum Gasteiger partial charge on any atom is -0.328 e. The Hall–Kier alpha value is -1.56. The fourth-order valence-electron chi connectivity index (χ4n) is 3.51. The van der Waals surface area contributed by atoms with Crippen LogP contribution in [0.3, 0.4) is 0 Å². The van der Waals surface area contributed by atoms with Crippen molar-refractivity contribution in [2.24, 2.45) is 0 Å². The lowest BCUT2D eigenvalue weighted by Crippen LogP contribution is -2.35. The van der Waals surface area contributed by atoms with E-state index in [4.69, 9.17) is 0 Å². The average Bonchev–Trinajstić information content (AvgIpc) is 3.25. The van der Waals surface area contributed by atoms with Crippen LogP contribution in [0.4, 0.5) is 5.69 Å². The molecule has 5 nitrogen and oxygen atoms in total. The predicted molar refractivity (Wildman–Crippen MR) is 105 cm³/mol. The molecule has 0 spiro atoms. The fourth-order valence-corrected chi connectivity index (χ4v) is 3.51. The second kappa shape index (κ2) is 8.70. The summed E-state index contributed by atoms with van der Waals surface area (Å²) in [5.41, 5.74) is 3.28.